The fraction of sp³-hybridized carbons (Fsp3) is 0.222. The number of carboxylic acids is 1. The van der Waals surface area contributed by atoms with Crippen LogP contribution in [0.25, 0.3) is 0 Å². The van der Waals surface area contributed by atoms with E-state index in [-0.39, 0.29) is 5.92 Å². The number of benzene rings is 2. The third kappa shape index (κ3) is 2.25. The lowest BCUT2D eigenvalue weighted by molar-refractivity contribution is -0.154. The van der Waals surface area contributed by atoms with Gasteiger partial charge in [-0.1, -0.05) is 60.7 Å². The quantitative estimate of drug-likeness (QED) is 0.875. The summed E-state index contributed by atoms with van der Waals surface area (Å²) >= 11 is 0. The molecular weight excluding hydrogens is 264 g/mol. The molecule has 3 rings (SSSR count). The first-order chi connectivity index (χ1) is 10.1. The van der Waals surface area contributed by atoms with E-state index in [9.17, 15) is 9.59 Å². The van der Waals surface area contributed by atoms with E-state index in [1.807, 2.05) is 60.7 Å². The highest BCUT2D eigenvalue weighted by atomic mass is 16.4. The molecule has 2 aromatic carbocycles. The molecular formula is C18H16O3. The molecule has 0 saturated heterocycles. The number of hydrogen-bond donors (Lipinski definition) is 1. The Hall–Kier alpha value is -2.42. The summed E-state index contributed by atoms with van der Waals surface area (Å²) in [4.78, 5) is 23.4. The molecule has 3 nitrogen and oxygen atoms in total. The summed E-state index contributed by atoms with van der Waals surface area (Å²) in [7, 11) is 0. The Bertz CT molecular complexity index is 655. The van der Waals surface area contributed by atoms with Crippen molar-refractivity contribution in [1.82, 2.24) is 0 Å². The van der Waals surface area contributed by atoms with Crippen LogP contribution in [0.2, 0.25) is 0 Å². The Morgan fingerprint density at radius 2 is 1.43 bits per heavy atom. The number of hydrogen-bond acceptors (Lipinski definition) is 2. The van der Waals surface area contributed by atoms with Crippen LogP contribution in [-0.4, -0.2) is 16.9 Å². The van der Waals surface area contributed by atoms with Crippen LogP contribution in [0.3, 0.4) is 0 Å². The van der Waals surface area contributed by atoms with Crippen LogP contribution in [0, 0.1) is 0 Å². The molecule has 21 heavy (non-hydrogen) atoms. The minimum absolute atomic E-state index is 0.245. The molecule has 2 aromatic rings. The van der Waals surface area contributed by atoms with Crippen LogP contribution in [0.4, 0.5) is 0 Å². The normalized spacial score (nSPS) is 24.1. The van der Waals surface area contributed by atoms with Gasteiger partial charge in [-0.15, -0.1) is 0 Å². The van der Waals surface area contributed by atoms with E-state index in [0.717, 1.165) is 5.56 Å². The average Bonchev–Trinajstić information content (AvgIpc) is 2.48. The standard InChI is InChI=1S/C18H16O3/c19-16(17(20)21)18(15-9-5-2-6-10-15)11-14(12-18)13-7-3-1-4-8-13/h1-10,14H,11-12H2,(H,20,21). The predicted octanol–water partition coefficient (Wildman–Crippen LogP) is 3.16. The Morgan fingerprint density at radius 1 is 0.905 bits per heavy atom. The van der Waals surface area contributed by atoms with Crippen molar-refractivity contribution in [2.75, 3.05) is 0 Å². The number of carboxylic acid groups (broad SMARTS) is 1. The summed E-state index contributed by atoms with van der Waals surface area (Å²) in [5.74, 6) is -1.79. The van der Waals surface area contributed by atoms with Gasteiger partial charge >= 0.3 is 5.97 Å². The van der Waals surface area contributed by atoms with Crippen molar-refractivity contribution in [3.05, 3.63) is 71.8 Å². The second kappa shape index (κ2) is 5.17. The van der Waals surface area contributed by atoms with Gasteiger partial charge < -0.3 is 5.11 Å². The van der Waals surface area contributed by atoms with Crippen LogP contribution in [0.5, 0.6) is 0 Å². The third-order valence-corrected chi connectivity index (χ3v) is 4.42. The lowest BCUT2D eigenvalue weighted by atomic mass is 9.55. The van der Waals surface area contributed by atoms with Gasteiger partial charge in [-0.05, 0) is 29.9 Å². The molecule has 106 valence electrons. The zero-order chi connectivity index (χ0) is 14.9. The zero-order valence-electron chi connectivity index (χ0n) is 11.5. The van der Waals surface area contributed by atoms with Crippen molar-refractivity contribution in [3.63, 3.8) is 0 Å². The lowest BCUT2D eigenvalue weighted by Crippen LogP contribution is -2.49. The predicted molar refractivity (Wildman–Crippen MR) is 79.2 cm³/mol. The van der Waals surface area contributed by atoms with E-state index in [4.69, 9.17) is 5.11 Å². The number of ketones is 1. The number of Topliss-reactive ketones (excluding diaryl/α,β-unsaturated/α-hetero) is 1. The minimum atomic E-state index is -1.34. The van der Waals surface area contributed by atoms with E-state index in [0.29, 0.717) is 12.8 Å². The summed E-state index contributed by atoms with van der Waals surface area (Å²) < 4.78 is 0. The van der Waals surface area contributed by atoms with Gasteiger partial charge in [0.1, 0.15) is 0 Å². The van der Waals surface area contributed by atoms with Crippen molar-refractivity contribution in [1.29, 1.82) is 0 Å². The van der Waals surface area contributed by atoms with Gasteiger partial charge in [0.2, 0.25) is 5.78 Å². The highest BCUT2D eigenvalue weighted by molar-refractivity contribution is 6.36. The maximum atomic E-state index is 12.2. The maximum absolute atomic E-state index is 12.2. The van der Waals surface area contributed by atoms with Crippen molar-refractivity contribution >= 4 is 11.8 Å². The minimum Gasteiger partial charge on any atom is -0.475 e. The second-order valence-corrected chi connectivity index (χ2v) is 5.60. The molecule has 1 N–H and O–H groups in total. The van der Waals surface area contributed by atoms with E-state index < -0.39 is 17.2 Å². The topological polar surface area (TPSA) is 54.4 Å². The van der Waals surface area contributed by atoms with Crippen molar-refractivity contribution in [3.8, 4) is 0 Å². The Morgan fingerprint density at radius 3 is 1.95 bits per heavy atom. The number of aliphatic carboxylic acids is 1. The van der Waals surface area contributed by atoms with Gasteiger partial charge in [-0.25, -0.2) is 4.79 Å². The summed E-state index contributed by atoms with van der Waals surface area (Å²) in [6, 6.07) is 19.2. The third-order valence-electron chi connectivity index (χ3n) is 4.42. The molecule has 1 saturated carbocycles. The van der Waals surface area contributed by atoms with Crippen LogP contribution in [0.15, 0.2) is 60.7 Å². The summed E-state index contributed by atoms with van der Waals surface area (Å²) in [5, 5.41) is 9.15. The molecule has 1 aliphatic carbocycles. The monoisotopic (exact) mass is 280 g/mol. The van der Waals surface area contributed by atoms with Gasteiger partial charge in [0.15, 0.2) is 0 Å². The van der Waals surface area contributed by atoms with Gasteiger partial charge in [-0.2, -0.15) is 0 Å². The summed E-state index contributed by atoms with van der Waals surface area (Å²) in [6.45, 7) is 0. The Kier molecular flexibility index (Phi) is 3.34. The first-order valence-corrected chi connectivity index (χ1v) is 7.02. The molecule has 0 heterocycles. The molecule has 0 unspecified atom stereocenters. The van der Waals surface area contributed by atoms with Gasteiger partial charge in [0, 0.05) is 0 Å². The molecule has 3 heteroatoms. The molecule has 0 spiro atoms. The van der Waals surface area contributed by atoms with E-state index in [1.165, 1.54) is 5.56 Å². The van der Waals surface area contributed by atoms with Crippen LogP contribution in [0.1, 0.15) is 29.9 Å². The van der Waals surface area contributed by atoms with Crippen molar-refractivity contribution in [2.24, 2.45) is 0 Å². The largest absolute Gasteiger partial charge is 0.475 e. The van der Waals surface area contributed by atoms with Crippen LogP contribution >= 0.6 is 0 Å². The number of carbonyl (C=O) groups excluding carboxylic acids is 1. The smallest absolute Gasteiger partial charge is 0.373 e. The fourth-order valence-electron chi connectivity index (χ4n) is 3.26. The average molecular weight is 280 g/mol. The molecule has 0 aliphatic heterocycles. The highest BCUT2D eigenvalue weighted by Gasteiger charge is 2.53. The first kappa shape index (κ1) is 13.6. The molecule has 1 fully saturated rings. The molecule has 0 amide bonds. The lowest BCUT2D eigenvalue weighted by Gasteiger charge is -2.46. The summed E-state index contributed by atoms with van der Waals surface area (Å²) in [6.07, 6.45) is 1.12. The summed E-state index contributed by atoms with van der Waals surface area (Å²) in [5.41, 5.74) is 1.11. The van der Waals surface area contributed by atoms with Gasteiger partial charge in [0.05, 0.1) is 5.41 Å². The van der Waals surface area contributed by atoms with Crippen LogP contribution < -0.4 is 0 Å². The molecule has 1 aliphatic rings. The van der Waals surface area contributed by atoms with Crippen molar-refractivity contribution in [2.45, 2.75) is 24.2 Å². The van der Waals surface area contributed by atoms with E-state index in [2.05, 4.69) is 0 Å². The molecule has 0 atom stereocenters. The van der Waals surface area contributed by atoms with E-state index in [1.54, 1.807) is 0 Å². The maximum Gasteiger partial charge on any atom is 0.373 e. The number of rotatable bonds is 4. The van der Waals surface area contributed by atoms with Gasteiger partial charge in [0.25, 0.3) is 0 Å². The van der Waals surface area contributed by atoms with Gasteiger partial charge in [-0.3, -0.25) is 4.79 Å². The van der Waals surface area contributed by atoms with Crippen LogP contribution in [-0.2, 0) is 15.0 Å². The molecule has 0 radical (unpaired) electrons. The zero-order valence-corrected chi connectivity index (χ0v) is 11.5. The molecule has 0 bridgehead atoms. The van der Waals surface area contributed by atoms with E-state index >= 15 is 0 Å². The van der Waals surface area contributed by atoms with Crippen molar-refractivity contribution < 1.29 is 14.7 Å². The SMILES string of the molecule is O=C(O)C(=O)C1(c2ccccc2)CC(c2ccccc2)C1. The Balaban J connectivity index is 1.92. The highest BCUT2D eigenvalue weighted by Crippen LogP contribution is 2.53. The molecule has 0 aromatic heterocycles. The second-order valence-electron chi connectivity index (χ2n) is 5.60. The fourth-order valence-corrected chi connectivity index (χ4v) is 3.26. The Labute approximate surface area is 123 Å². The number of carbonyl (C=O) groups is 2. The first-order valence-electron chi connectivity index (χ1n) is 7.02.